The molecule has 0 aliphatic rings. The average molecular weight is 1210 g/mol. The predicted molar refractivity (Wildman–Crippen MR) is 396 cm³/mol. The zero-order valence-electron chi connectivity index (χ0n) is 51.4. The van der Waals surface area contributed by atoms with E-state index in [1.54, 1.807) is 0 Å². The first-order chi connectivity index (χ1) is 47.1. The fourth-order valence-corrected chi connectivity index (χ4v) is 14.8. The Morgan fingerprint density at radius 3 is 1.59 bits per heavy atom. The Kier molecular flexibility index (Phi) is 12.5. The molecule has 4 aromatic heterocycles. The molecule has 0 aliphatic heterocycles. The van der Waals surface area contributed by atoms with Crippen LogP contribution in [0.3, 0.4) is 0 Å². The Hall–Kier alpha value is -12.8. The molecule has 0 unspecified atom stereocenters. The Morgan fingerprint density at radius 1 is 0.295 bits per heavy atom. The van der Waals surface area contributed by atoms with Crippen molar-refractivity contribution in [3.05, 3.63) is 334 Å². The van der Waals surface area contributed by atoms with Crippen LogP contribution >= 0.6 is 0 Å². The minimum Gasteiger partial charge on any atom is -0.454 e. The van der Waals surface area contributed by atoms with Gasteiger partial charge in [-0.2, -0.15) is 0 Å². The van der Waals surface area contributed by atoms with E-state index in [-0.39, 0.29) is 0 Å². The summed E-state index contributed by atoms with van der Waals surface area (Å²) >= 11 is 0. The van der Waals surface area contributed by atoms with Gasteiger partial charge in [0.2, 0.25) is 0 Å². The third-order valence-electron chi connectivity index (χ3n) is 19.1. The fraction of sp³-hybridized carbons (Fsp3) is 0. The van der Waals surface area contributed by atoms with Gasteiger partial charge in [0.05, 0.1) is 39.3 Å². The largest absolute Gasteiger partial charge is 0.454 e. The predicted octanol–water partition coefficient (Wildman–Crippen LogP) is 24.1. The molecular weight excluding hydrogens is 1160 g/mol. The number of pyridine rings is 1. The van der Waals surface area contributed by atoms with Gasteiger partial charge in [0.15, 0.2) is 11.4 Å². The second-order valence-electron chi connectivity index (χ2n) is 24.5. The Morgan fingerprint density at radius 2 is 0.853 bits per heavy atom. The van der Waals surface area contributed by atoms with Crippen molar-refractivity contribution < 1.29 is 4.42 Å². The minimum atomic E-state index is 0.591. The highest BCUT2D eigenvalue weighted by molar-refractivity contribution is 6.37. The summed E-state index contributed by atoms with van der Waals surface area (Å²) in [7, 11) is 0. The van der Waals surface area contributed by atoms with E-state index in [1.165, 1.54) is 26.9 Å². The van der Waals surface area contributed by atoms with Crippen molar-refractivity contribution in [2.24, 2.45) is 0 Å². The van der Waals surface area contributed by atoms with Crippen molar-refractivity contribution in [2.75, 3.05) is 4.90 Å². The van der Waals surface area contributed by atoms with Crippen LogP contribution < -0.4 is 4.90 Å². The van der Waals surface area contributed by atoms with E-state index >= 15 is 0 Å². The van der Waals surface area contributed by atoms with Gasteiger partial charge in [0.1, 0.15) is 5.58 Å². The molecule has 19 rings (SSSR count). The monoisotopic (exact) mass is 1210 g/mol. The maximum atomic E-state index is 7.62. The molecule has 0 saturated carbocycles. The number of benzene rings is 15. The van der Waals surface area contributed by atoms with Gasteiger partial charge in [-0.25, -0.2) is 15.0 Å². The Balaban J connectivity index is 0.895. The minimum absolute atomic E-state index is 0.591. The number of fused-ring (bicyclic) bond motifs is 17. The van der Waals surface area contributed by atoms with E-state index in [1.807, 2.05) is 18.2 Å². The van der Waals surface area contributed by atoms with Crippen LogP contribution in [0.2, 0.25) is 0 Å². The van der Waals surface area contributed by atoms with Crippen LogP contribution in [0.25, 0.3) is 171 Å². The molecule has 0 amide bonds. The number of aromatic nitrogens is 4. The fourth-order valence-electron chi connectivity index (χ4n) is 14.8. The molecule has 0 saturated heterocycles. The maximum absolute atomic E-state index is 7.62. The zero-order valence-corrected chi connectivity index (χ0v) is 51.4. The Labute approximate surface area is 547 Å². The number of anilines is 3. The van der Waals surface area contributed by atoms with Gasteiger partial charge in [-0.3, -0.25) is 0 Å². The smallest absolute Gasteiger partial charge is 0.160 e. The maximum Gasteiger partial charge on any atom is 0.160 e. The van der Waals surface area contributed by atoms with Crippen LogP contribution in [0.1, 0.15) is 0 Å². The summed E-state index contributed by atoms with van der Waals surface area (Å²) in [5, 5.41) is 14.8. The van der Waals surface area contributed by atoms with Crippen molar-refractivity contribution in [1.82, 2.24) is 19.5 Å². The summed E-state index contributed by atoms with van der Waals surface area (Å²) in [6.45, 7) is 0. The number of furan rings is 1. The molecule has 0 N–H and O–H groups in total. The molecule has 6 nitrogen and oxygen atoms in total. The van der Waals surface area contributed by atoms with E-state index in [9.17, 15) is 0 Å². The second kappa shape index (κ2) is 22.0. The van der Waals surface area contributed by atoms with Gasteiger partial charge in [-0.1, -0.05) is 255 Å². The molecule has 0 aliphatic carbocycles. The molecule has 442 valence electrons. The average Bonchev–Trinajstić information content (AvgIpc) is 1.55. The third kappa shape index (κ3) is 8.91. The molecule has 0 spiro atoms. The summed E-state index contributed by atoms with van der Waals surface area (Å²) in [4.78, 5) is 18.4. The first-order valence-electron chi connectivity index (χ1n) is 32.3. The number of hydrogen-bond donors (Lipinski definition) is 0. The molecule has 0 bridgehead atoms. The number of hydrogen-bond acceptors (Lipinski definition) is 5. The summed E-state index contributed by atoms with van der Waals surface area (Å²) in [6.07, 6.45) is 0. The highest BCUT2D eigenvalue weighted by Crippen LogP contribution is 2.51. The molecule has 4 heterocycles. The standard InChI is InChI=1S/C89H55N5O/c1-4-23-56(24-5-1)57-43-46-62(47-44-57)93(82-42-21-19-38-71(82)66-33-12-11-32-65(66)58-25-6-2-7-26-58)64-48-50-83-76(52-64)85-72-39-17-18-40-73(72)86-77-53-74-69-36-15-13-34-67(69)68-35-14-16-37-70(68)75(74)54-84(77)95-88(86)87(85)94(83)63-31-22-30-61(51-63)89-91-80(59-27-8-3-9-28-59)55-81(92-89)79-49-45-60-29-10-20-41-78(60)90-79/h1-55H. The van der Waals surface area contributed by atoms with Gasteiger partial charge in [-0.15, -0.1) is 0 Å². The lowest BCUT2D eigenvalue weighted by molar-refractivity contribution is 0.672. The van der Waals surface area contributed by atoms with Gasteiger partial charge >= 0.3 is 0 Å². The molecule has 0 radical (unpaired) electrons. The van der Waals surface area contributed by atoms with E-state index in [2.05, 4.69) is 325 Å². The second-order valence-corrected chi connectivity index (χ2v) is 24.5. The van der Waals surface area contributed by atoms with Gasteiger partial charge in [-0.05, 0) is 150 Å². The Bertz CT molecular complexity index is 6270. The van der Waals surface area contributed by atoms with Gasteiger partial charge < -0.3 is 13.9 Å². The van der Waals surface area contributed by atoms with E-state index in [4.69, 9.17) is 19.4 Å². The molecule has 0 atom stereocenters. The molecular formula is C89H55N5O. The van der Waals surface area contributed by atoms with Gasteiger partial charge in [0, 0.05) is 60.7 Å². The van der Waals surface area contributed by atoms with E-state index < -0.39 is 0 Å². The van der Waals surface area contributed by atoms with Gasteiger partial charge in [0.25, 0.3) is 0 Å². The zero-order chi connectivity index (χ0) is 62.5. The normalized spacial score (nSPS) is 11.8. The summed E-state index contributed by atoms with van der Waals surface area (Å²) in [5.74, 6) is 0.591. The van der Waals surface area contributed by atoms with Crippen LogP contribution in [0.4, 0.5) is 17.1 Å². The number of rotatable bonds is 10. The first kappa shape index (κ1) is 54.0. The lowest BCUT2D eigenvalue weighted by Crippen LogP contribution is -2.11. The summed E-state index contributed by atoms with van der Waals surface area (Å²) < 4.78 is 10.0. The topological polar surface area (TPSA) is 60.0 Å². The van der Waals surface area contributed by atoms with Crippen LogP contribution in [-0.4, -0.2) is 19.5 Å². The van der Waals surface area contributed by atoms with Crippen molar-refractivity contribution in [3.63, 3.8) is 0 Å². The molecule has 95 heavy (non-hydrogen) atoms. The van der Waals surface area contributed by atoms with E-state index in [0.717, 1.165) is 155 Å². The molecule has 19 aromatic rings. The van der Waals surface area contributed by atoms with Crippen LogP contribution in [0.15, 0.2) is 338 Å². The van der Waals surface area contributed by atoms with Crippen LogP contribution in [-0.2, 0) is 0 Å². The van der Waals surface area contributed by atoms with Crippen LogP contribution in [0, 0.1) is 0 Å². The van der Waals surface area contributed by atoms with Crippen molar-refractivity contribution in [2.45, 2.75) is 0 Å². The number of nitrogens with zero attached hydrogens (tertiary/aromatic N) is 5. The summed E-state index contributed by atoms with van der Waals surface area (Å²) in [6, 6.07) is 120. The lowest BCUT2D eigenvalue weighted by Gasteiger charge is -2.29. The highest BCUT2D eigenvalue weighted by atomic mass is 16.3. The summed E-state index contributed by atoms with van der Waals surface area (Å²) in [5.41, 5.74) is 19.6. The molecule has 6 heteroatoms. The molecule has 0 fully saturated rings. The first-order valence-corrected chi connectivity index (χ1v) is 32.3. The molecule has 15 aromatic carbocycles. The number of para-hydroxylation sites is 2. The lowest BCUT2D eigenvalue weighted by atomic mass is 9.92. The van der Waals surface area contributed by atoms with Crippen molar-refractivity contribution >= 4 is 115 Å². The quantitative estimate of drug-likeness (QED) is 0.128. The van der Waals surface area contributed by atoms with Crippen molar-refractivity contribution in [3.8, 4) is 73.1 Å². The van der Waals surface area contributed by atoms with Crippen molar-refractivity contribution in [1.29, 1.82) is 0 Å². The van der Waals surface area contributed by atoms with Crippen LogP contribution in [0.5, 0.6) is 0 Å². The highest BCUT2D eigenvalue weighted by Gasteiger charge is 2.27. The SMILES string of the molecule is c1ccc(-c2ccc(N(c3ccc4c(c3)c3c5ccccc5c5c6cc7c8ccccc8c8ccccc8c7cc6oc5c3n4-c3cccc(-c4nc(-c5ccccc5)cc(-c5ccc6ccccc6n5)n4)c3)c3ccccc3-c3ccccc3-c3ccccc3)cc2)cc1. The van der Waals surface area contributed by atoms with E-state index in [0.29, 0.717) is 5.82 Å². The third-order valence-corrected chi connectivity index (χ3v) is 19.1.